The van der Waals surface area contributed by atoms with Crippen LogP contribution in [0.3, 0.4) is 0 Å². The lowest BCUT2D eigenvalue weighted by atomic mass is 10.1. The van der Waals surface area contributed by atoms with Gasteiger partial charge in [-0.1, -0.05) is 0 Å². The molecule has 0 radical (unpaired) electrons. The van der Waals surface area contributed by atoms with Gasteiger partial charge in [0.1, 0.15) is 5.75 Å². The molecule has 0 atom stereocenters. The summed E-state index contributed by atoms with van der Waals surface area (Å²) in [5.74, 6) is -1.18. The summed E-state index contributed by atoms with van der Waals surface area (Å²) in [7, 11) is 2.69. The van der Waals surface area contributed by atoms with E-state index in [-0.39, 0.29) is 29.3 Å². The molecule has 166 valence electrons. The number of aromatic nitrogens is 4. The predicted octanol–water partition coefficient (Wildman–Crippen LogP) is 2.39. The average molecular weight is 447 g/mol. The fourth-order valence-electron chi connectivity index (χ4n) is 2.89. The summed E-state index contributed by atoms with van der Waals surface area (Å²) in [5.41, 5.74) is -2.31. The molecule has 0 aliphatic rings. The van der Waals surface area contributed by atoms with Gasteiger partial charge in [0.25, 0.3) is 11.1 Å². The number of rotatable bonds is 5. The number of hydrogen-bond donors (Lipinski definition) is 0. The number of nitrogens with zero attached hydrogens (tertiary/aromatic N) is 5. The Labute approximate surface area is 178 Å². The third kappa shape index (κ3) is 4.61. The summed E-state index contributed by atoms with van der Waals surface area (Å²) in [6.07, 6.45) is -4.27. The lowest BCUT2D eigenvalue weighted by Crippen LogP contribution is -2.28. The molecular weight excluding hydrogens is 431 g/mol. The van der Waals surface area contributed by atoms with Gasteiger partial charge in [-0.05, 0) is 30.7 Å². The molecule has 0 N–H and O–H groups in total. The first-order valence-electron chi connectivity index (χ1n) is 9.01. The maximum absolute atomic E-state index is 13.5. The molecule has 32 heavy (non-hydrogen) atoms. The number of aryl methyl sites for hydroxylation is 2. The second-order valence-corrected chi connectivity index (χ2v) is 6.74. The fraction of sp³-hybridized carbons (Fsp3) is 0.250. The third-order valence-electron chi connectivity index (χ3n) is 4.33. The van der Waals surface area contributed by atoms with Crippen LogP contribution < -0.4 is 20.6 Å². The predicted molar refractivity (Wildman–Crippen MR) is 105 cm³/mol. The fourth-order valence-corrected chi connectivity index (χ4v) is 2.89. The first-order chi connectivity index (χ1) is 15.0. The van der Waals surface area contributed by atoms with Crippen molar-refractivity contribution < 1.29 is 22.6 Å². The maximum Gasteiger partial charge on any atom is 0.437 e. The highest BCUT2D eigenvalue weighted by Gasteiger charge is 2.38. The van der Waals surface area contributed by atoms with E-state index in [2.05, 4.69) is 10.1 Å². The molecule has 9 nitrogen and oxygen atoms in total. The van der Waals surface area contributed by atoms with E-state index in [1.807, 2.05) is 6.07 Å². The molecule has 0 fully saturated rings. The lowest BCUT2D eigenvalue weighted by Gasteiger charge is -2.15. The van der Waals surface area contributed by atoms with Gasteiger partial charge in [-0.3, -0.25) is 14.2 Å². The van der Waals surface area contributed by atoms with Gasteiger partial charge in [-0.2, -0.15) is 18.4 Å². The molecule has 2 heterocycles. The Balaban J connectivity index is 2.13. The topological polar surface area (TPSA) is 112 Å². The molecular formula is C20H16F3N5O4. The van der Waals surface area contributed by atoms with Crippen LogP contribution in [0.2, 0.25) is 0 Å². The molecule has 0 aliphatic carbocycles. The molecule has 1 aromatic carbocycles. The van der Waals surface area contributed by atoms with Crippen molar-refractivity contribution in [2.24, 2.45) is 7.05 Å². The zero-order valence-electron chi connectivity index (χ0n) is 17.1. The molecule has 0 saturated carbocycles. The summed E-state index contributed by atoms with van der Waals surface area (Å²) < 4.78 is 52.8. The minimum atomic E-state index is -4.97. The molecule has 3 rings (SSSR count). The van der Waals surface area contributed by atoms with E-state index >= 15 is 0 Å². The first kappa shape index (κ1) is 22.5. The normalized spacial score (nSPS) is 11.2. The summed E-state index contributed by atoms with van der Waals surface area (Å²) in [4.78, 5) is 28.2. The van der Waals surface area contributed by atoms with Crippen LogP contribution >= 0.6 is 0 Å². The Morgan fingerprint density at radius 1 is 1.19 bits per heavy atom. The third-order valence-corrected chi connectivity index (χ3v) is 4.33. The van der Waals surface area contributed by atoms with Crippen molar-refractivity contribution in [3.63, 3.8) is 0 Å². The van der Waals surface area contributed by atoms with Crippen LogP contribution in [0.5, 0.6) is 17.4 Å². The highest BCUT2D eigenvalue weighted by Crippen LogP contribution is 2.34. The largest absolute Gasteiger partial charge is 0.480 e. The summed E-state index contributed by atoms with van der Waals surface area (Å²) >= 11 is 0. The Kier molecular flexibility index (Phi) is 6.02. The van der Waals surface area contributed by atoms with E-state index < -0.39 is 28.7 Å². The van der Waals surface area contributed by atoms with Gasteiger partial charge >= 0.3 is 6.18 Å². The number of nitriles is 1. The van der Waals surface area contributed by atoms with Crippen molar-refractivity contribution in [2.45, 2.75) is 19.6 Å². The van der Waals surface area contributed by atoms with E-state index in [0.717, 1.165) is 15.3 Å². The van der Waals surface area contributed by atoms with E-state index in [1.165, 1.54) is 32.4 Å². The summed E-state index contributed by atoms with van der Waals surface area (Å²) in [6.45, 7) is 1.28. The van der Waals surface area contributed by atoms with Crippen LogP contribution in [-0.4, -0.2) is 26.4 Å². The Morgan fingerprint density at radius 3 is 2.53 bits per heavy atom. The molecule has 2 aromatic heterocycles. The number of halogens is 3. The second kappa shape index (κ2) is 8.54. The number of methoxy groups -OCH3 is 1. The minimum Gasteiger partial charge on any atom is -0.480 e. The zero-order valence-corrected chi connectivity index (χ0v) is 17.1. The van der Waals surface area contributed by atoms with Crippen LogP contribution in [0.25, 0.3) is 0 Å². The molecule has 0 amide bonds. The van der Waals surface area contributed by atoms with Gasteiger partial charge in [0, 0.05) is 18.7 Å². The van der Waals surface area contributed by atoms with Gasteiger partial charge in [0.05, 0.1) is 31.6 Å². The van der Waals surface area contributed by atoms with Crippen molar-refractivity contribution in [1.82, 2.24) is 19.3 Å². The van der Waals surface area contributed by atoms with Crippen LogP contribution in [0.15, 0.2) is 40.2 Å². The van der Waals surface area contributed by atoms with E-state index in [1.54, 1.807) is 6.92 Å². The van der Waals surface area contributed by atoms with Crippen LogP contribution in [-0.2, 0) is 19.8 Å². The Morgan fingerprint density at radius 2 is 1.91 bits per heavy atom. The van der Waals surface area contributed by atoms with Crippen LogP contribution in [0.4, 0.5) is 13.2 Å². The lowest BCUT2D eigenvalue weighted by molar-refractivity contribution is -0.142. The van der Waals surface area contributed by atoms with Crippen molar-refractivity contribution in [3.05, 3.63) is 73.7 Å². The molecule has 0 aliphatic heterocycles. The van der Waals surface area contributed by atoms with Crippen LogP contribution in [0.1, 0.15) is 22.4 Å². The van der Waals surface area contributed by atoms with Crippen molar-refractivity contribution in [3.8, 4) is 23.4 Å². The number of benzene rings is 1. The van der Waals surface area contributed by atoms with E-state index in [0.29, 0.717) is 11.9 Å². The molecule has 0 bridgehead atoms. The Bertz CT molecular complexity index is 1340. The smallest absolute Gasteiger partial charge is 0.437 e. The highest BCUT2D eigenvalue weighted by molar-refractivity contribution is 5.43. The average Bonchev–Trinajstić information content (AvgIpc) is 2.72. The van der Waals surface area contributed by atoms with Crippen molar-refractivity contribution in [1.29, 1.82) is 5.26 Å². The van der Waals surface area contributed by atoms with Gasteiger partial charge in [-0.15, -0.1) is 5.10 Å². The highest BCUT2D eigenvalue weighted by atomic mass is 19.4. The summed E-state index contributed by atoms with van der Waals surface area (Å²) in [5, 5.41) is 13.0. The maximum atomic E-state index is 13.5. The molecule has 0 saturated heterocycles. The van der Waals surface area contributed by atoms with Crippen molar-refractivity contribution in [2.75, 3.05) is 7.11 Å². The standard InChI is InChI=1S/C20H16F3N5O4/c1-11-4-12(8-24)6-14(5-11)32-16-17(20(21,22)23)25-10-28(19(16)30)9-13-7-15(29)27(2)26-18(13)31-3/h4-7,10H,9H2,1-3H3. The first-order valence-corrected chi connectivity index (χ1v) is 9.01. The zero-order chi connectivity index (χ0) is 23.6. The molecule has 12 heteroatoms. The minimum absolute atomic E-state index is 0.0127. The quantitative estimate of drug-likeness (QED) is 0.590. The molecule has 0 unspecified atom stereocenters. The Hall–Kier alpha value is -4.14. The van der Waals surface area contributed by atoms with Crippen molar-refractivity contribution >= 4 is 0 Å². The van der Waals surface area contributed by atoms with Crippen LogP contribution in [0, 0.1) is 18.3 Å². The number of ether oxygens (including phenoxy) is 2. The van der Waals surface area contributed by atoms with Gasteiger partial charge in [-0.25, -0.2) is 9.67 Å². The van der Waals surface area contributed by atoms with Gasteiger partial charge in [0.15, 0.2) is 5.69 Å². The second-order valence-electron chi connectivity index (χ2n) is 6.74. The van der Waals surface area contributed by atoms with Gasteiger partial charge < -0.3 is 9.47 Å². The number of alkyl halides is 3. The SMILES string of the molecule is COc1nn(C)c(=O)cc1Cn1cnc(C(F)(F)F)c(Oc2cc(C)cc(C#N)c2)c1=O. The van der Waals surface area contributed by atoms with E-state index in [4.69, 9.17) is 14.7 Å². The molecule has 3 aromatic rings. The number of hydrogen-bond acceptors (Lipinski definition) is 7. The molecule has 0 spiro atoms. The van der Waals surface area contributed by atoms with E-state index in [9.17, 15) is 22.8 Å². The van der Waals surface area contributed by atoms with Gasteiger partial charge in [0.2, 0.25) is 11.6 Å². The monoisotopic (exact) mass is 447 g/mol. The summed E-state index contributed by atoms with van der Waals surface area (Å²) in [6, 6.07) is 7.11.